The van der Waals surface area contributed by atoms with E-state index in [1.165, 1.54) is 0 Å². The summed E-state index contributed by atoms with van der Waals surface area (Å²) in [5.74, 6) is 2.15. The van der Waals surface area contributed by atoms with Crippen molar-refractivity contribution in [3.8, 4) is 0 Å². The lowest BCUT2D eigenvalue weighted by Gasteiger charge is -2.33. The predicted octanol–water partition coefficient (Wildman–Crippen LogP) is 3.25. The maximum Gasteiger partial charge on any atom is 0.279 e. The monoisotopic (exact) mass is 374 g/mol. The van der Waals surface area contributed by atoms with Gasteiger partial charge in [0.1, 0.15) is 11.6 Å². The summed E-state index contributed by atoms with van der Waals surface area (Å²) in [4.78, 5) is 20.9. The number of hydrogen-bond donors (Lipinski definition) is 0. The molecule has 23 heavy (non-hydrogen) atoms. The maximum atomic E-state index is 12.8. The van der Waals surface area contributed by atoms with Gasteiger partial charge in [-0.2, -0.15) is 0 Å². The number of aryl methyl sites for hydroxylation is 1. The summed E-state index contributed by atoms with van der Waals surface area (Å²) in [5.41, 5.74) is 1.74. The van der Waals surface area contributed by atoms with Crippen LogP contribution in [0.3, 0.4) is 0 Å². The molecule has 0 unspecified atom stereocenters. The van der Waals surface area contributed by atoms with Crippen molar-refractivity contribution in [1.29, 1.82) is 0 Å². The predicted molar refractivity (Wildman–Crippen MR) is 94.5 cm³/mol. The molecule has 0 saturated carbocycles. The number of benzene rings is 1. The zero-order valence-corrected chi connectivity index (χ0v) is 15.1. The van der Waals surface area contributed by atoms with Crippen LogP contribution in [0.2, 0.25) is 0 Å². The third-order valence-corrected chi connectivity index (χ3v) is 5.00. The molecule has 0 N–H and O–H groups in total. The number of nitrogens with zero attached hydrogens (tertiary/aromatic N) is 4. The van der Waals surface area contributed by atoms with Crippen molar-refractivity contribution >= 4 is 27.7 Å². The van der Waals surface area contributed by atoms with Crippen LogP contribution in [-0.2, 0) is 13.0 Å². The zero-order valence-electron chi connectivity index (χ0n) is 13.5. The lowest BCUT2D eigenvalue weighted by molar-refractivity contribution is 0.0815. The lowest BCUT2D eigenvalue weighted by atomic mass is 10.2. The van der Waals surface area contributed by atoms with Crippen LogP contribution in [0.5, 0.6) is 0 Å². The van der Waals surface area contributed by atoms with Gasteiger partial charge in [0.05, 0.1) is 6.54 Å². The molecule has 2 heterocycles. The normalized spacial score (nSPS) is 14.4. The summed E-state index contributed by atoms with van der Waals surface area (Å²) in [7, 11) is 3.63. The minimum atomic E-state index is -0.0673. The number of halogens is 1. The number of carbonyl (C=O) groups is 1. The van der Waals surface area contributed by atoms with E-state index in [2.05, 4.69) is 33.6 Å². The summed E-state index contributed by atoms with van der Waals surface area (Å²) >= 11 is 3.58. The highest BCUT2D eigenvalue weighted by atomic mass is 79.9. The largest absolute Gasteiger partial charge is 0.318 e. The van der Waals surface area contributed by atoms with E-state index >= 15 is 0 Å². The van der Waals surface area contributed by atoms with E-state index in [9.17, 15) is 4.79 Å². The molecule has 2 aromatic rings. The van der Waals surface area contributed by atoms with Gasteiger partial charge in [-0.25, -0.2) is 4.98 Å². The van der Waals surface area contributed by atoms with E-state index in [0.29, 0.717) is 23.9 Å². The summed E-state index contributed by atoms with van der Waals surface area (Å²) in [5, 5.41) is 0. The van der Waals surface area contributed by atoms with E-state index in [0.717, 1.165) is 22.3 Å². The van der Waals surface area contributed by atoms with Gasteiger partial charge in [-0.15, -0.1) is 0 Å². The van der Waals surface area contributed by atoms with Crippen molar-refractivity contribution in [3.63, 3.8) is 0 Å². The van der Waals surface area contributed by atoms with E-state index < -0.39 is 0 Å². The molecule has 0 radical (unpaired) electrons. The fourth-order valence-electron chi connectivity index (χ4n) is 2.79. The van der Waals surface area contributed by atoms with Crippen molar-refractivity contribution in [2.24, 2.45) is 0 Å². The quantitative estimate of drug-likeness (QED) is 0.827. The standard InChI is InChI=1S/C17H19BrN4O/c1-5-14-19-16-15(17(23)21(4)11(2)20(16)3)22(14)10-12-8-6-7-9-13(12)18/h6-9H,2,5,10H2,1,3-4H3. The first-order valence-electron chi connectivity index (χ1n) is 7.49. The summed E-state index contributed by atoms with van der Waals surface area (Å²) < 4.78 is 3.04. The van der Waals surface area contributed by atoms with Gasteiger partial charge in [-0.05, 0) is 11.6 Å². The van der Waals surface area contributed by atoms with Crippen LogP contribution in [-0.4, -0.2) is 34.5 Å². The number of rotatable bonds is 3. The van der Waals surface area contributed by atoms with E-state index in [1.807, 2.05) is 41.6 Å². The van der Waals surface area contributed by atoms with Crippen LogP contribution >= 0.6 is 15.9 Å². The molecular formula is C17H19BrN4O. The number of aromatic nitrogens is 2. The number of hydrogen-bond acceptors (Lipinski definition) is 3. The molecular weight excluding hydrogens is 356 g/mol. The molecule has 1 aromatic carbocycles. The minimum Gasteiger partial charge on any atom is -0.318 e. The fraction of sp³-hybridized carbons (Fsp3) is 0.294. The van der Waals surface area contributed by atoms with Gasteiger partial charge < -0.3 is 9.47 Å². The third-order valence-electron chi connectivity index (χ3n) is 4.23. The second kappa shape index (κ2) is 5.85. The average molecular weight is 375 g/mol. The first-order valence-corrected chi connectivity index (χ1v) is 8.28. The third kappa shape index (κ3) is 2.47. The molecule has 1 aliphatic rings. The van der Waals surface area contributed by atoms with Crippen molar-refractivity contribution in [1.82, 2.24) is 14.5 Å². The highest BCUT2D eigenvalue weighted by Gasteiger charge is 2.34. The van der Waals surface area contributed by atoms with E-state index in [-0.39, 0.29) is 5.91 Å². The molecule has 1 aliphatic heterocycles. The molecule has 0 saturated heterocycles. The molecule has 120 valence electrons. The van der Waals surface area contributed by atoms with Crippen molar-refractivity contribution in [2.45, 2.75) is 19.9 Å². The number of imidazole rings is 1. The Morgan fingerprint density at radius 1 is 1.22 bits per heavy atom. The SMILES string of the molecule is C=C1N(C)C(=O)c2c(nc(CC)n2Cc2ccccc2Br)N1C. The Morgan fingerprint density at radius 2 is 1.91 bits per heavy atom. The number of anilines is 1. The highest BCUT2D eigenvalue weighted by Crippen LogP contribution is 2.32. The van der Waals surface area contributed by atoms with Gasteiger partial charge in [-0.1, -0.05) is 47.6 Å². The number of amides is 1. The Morgan fingerprint density at radius 3 is 2.57 bits per heavy atom. The number of fused-ring (bicyclic) bond motifs is 1. The average Bonchev–Trinajstić information content (AvgIpc) is 2.91. The Balaban J connectivity index is 2.15. The smallest absolute Gasteiger partial charge is 0.279 e. The van der Waals surface area contributed by atoms with Gasteiger partial charge in [0.25, 0.3) is 5.91 Å². The van der Waals surface area contributed by atoms with E-state index in [4.69, 9.17) is 0 Å². The molecule has 0 aliphatic carbocycles. The molecule has 0 atom stereocenters. The number of carbonyl (C=O) groups excluding carboxylic acids is 1. The van der Waals surface area contributed by atoms with Crippen LogP contribution in [0, 0.1) is 0 Å². The van der Waals surface area contributed by atoms with Crippen molar-refractivity contribution in [3.05, 3.63) is 58.2 Å². The zero-order chi connectivity index (χ0) is 16.7. The van der Waals surface area contributed by atoms with Crippen molar-refractivity contribution < 1.29 is 4.79 Å². The molecule has 3 rings (SSSR count). The van der Waals surface area contributed by atoms with Crippen LogP contribution in [0.4, 0.5) is 5.82 Å². The van der Waals surface area contributed by atoms with Crippen LogP contribution in [0.1, 0.15) is 28.8 Å². The van der Waals surface area contributed by atoms with Crippen molar-refractivity contribution in [2.75, 3.05) is 19.0 Å². The molecule has 6 heteroatoms. The topological polar surface area (TPSA) is 41.4 Å². The lowest BCUT2D eigenvalue weighted by Crippen LogP contribution is -2.41. The molecule has 0 fully saturated rings. The summed E-state index contributed by atoms with van der Waals surface area (Å²) in [6, 6.07) is 8.03. The van der Waals surface area contributed by atoms with E-state index in [1.54, 1.807) is 11.9 Å². The van der Waals surface area contributed by atoms with Crippen LogP contribution < -0.4 is 4.90 Å². The Labute approximate surface area is 144 Å². The molecule has 1 amide bonds. The maximum absolute atomic E-state index is 12.8. The molecule has 0 bridgehead atoms. The van der Waals surface area contributed by atoms with Gasteiger partial charge in [0, 0.05) is 25.0 Å². The van der Waals surface area contributed by atoms with Crippen LogP contribution in [0.25, 0.3) is 0 Å². The second-order valence-corrected chi connectivity index (χ2v) is 6.43. The van der Waals surface area contributed by atoms with Gasteiger partial charge in [0.15, 0.2) is 11.5 Å². The van der Waals surface area contributed by atoms with Gasteiger partial charge >= 0.3 is 0 Å². The summed E-state index contributed by atoms with van der Waals surface area (Å²) in [6.45, 7) is 6.62. The minimum absolute atomic E-state index is 0.0673. The second-order valence-electron chi connectivity index (χ2n) is 5.57. The Kier molecular flexibility index (Phi) is 4.02. The summed E-state index contributed by atoms with van der Waals surface area (Å²) in [6.07, 6.45) is 0.759. The Bertz CT molecular complexity index is 796. The molecule has 5 nitrogen and oxygen atoms in total. The highest BCUT2D eigenvalue weighted by molar-refractivity contribution is 9.10. The fourth-order valence-corrected chi connectivity index (χ4v) is 3.20. The first-order chi connectivity index (χ1) is 11.0. The first kappa shape index (κ1) is 15.8. The molecule has 0 spiro atoms. The van der Waals surface area contributed by atoms with Crippen LogP contribution in [0.15, 0.2) is 41.1 Å². The Hall–Kier alpha value is -2.08. The van der Waals surface area contributed by atoms with Gasteiger partial charge in [-0.3, -0.25) is 9.69 Å². The van der Waals surface area contributed by atoms with Gasteiger partial charge in [0.2, 0.25) is 0 Å². The molecule has 1 aromatic heterocycles.